The molecule has 0 heterocycles. The predicted octanol–water partition coefficient (Wildman–Crippen LogP) is 17.5. The Labute approximate surface area is 369 Å². The number of nitrogens with zero attached hydrogens (tertiary/aromatic N) is 1. The van der Waals surface area contributed by atoms with Crippen LogP contribution in [-0.4, -0.2) is 0 Å². The SMILES string of the molecule is c1ccc(-c2ccc(-c3ccccc3-c3ccccc3)c(-c3ccccc3N(c3ccc(-c4ccc5ccccc5c4)cc3)c3ccc(-c4ccc5ccccc5c4)cc3)c2)cc1. The van der Waals surface area contributed by atoms with Gasteiger partial charge in [0.15, 0.2) is 0 Å². The molecule has 11 aromatic carbocycles. The van der Waals surface area contributed by atoms with Gasteiger partial charge in [-0.05, 0) is 131 Å². The molecule has 1 nitrogen and oxygen atoms in total. The standard InChI is InChI=1S/C62H43N/c1-3-15-44(16-4-1)54-35-40-59(58-24-12-11-23-57(58)49-19-5-2-6-20-49)61(43-54)60-25-13-14-26-62(60)63(55-36-31-47(32-37-55)52-29-27-45-17-7-9-21-50(45)41-52)56-38-33-48(34-39-56)53-30-28-46-18-8-10-22-51(46)42-53/h1-43H. The molecule has 0 amide bonds. The van der Waals surface area contributed by atoms with E-state index in [0.717, 1.165) is 22.6 Å². The average molecular weight is 802 g/mol. The second-order valence-electron chi connectivity index (χ2n) is 16.1. The summed E-state index contributed by atoms with van der Waals surface area (Å²) in [6, 6.07) is 94.8. The van der Waals surface area contributed by atoms with Crippen LogP contribution >= 0.6 is 0 Å². The van der Waals surface area contributed by atoms with Gasteiger partial charge >= 0.3 is 0 Å². The molecule has 11 aromatic rings. The maximum absolute atomic E-state index is 2.42. The molecular weight excluding hydrogens is 759 g/mol. The van der Waals surface area contributed by atoms with Crippen molar-refractivity contribution in [1.82, 2.24) is 0 Å². The molecule has 0 aliphatic carbocycles. The van der Waals surface area contributed by atoms with Crippen LogP contribution in [0.2, 0.25) is 0 Å². The van der Waals surface area contributed by atoms with Crippen molar-refractivity contribution in [2.24, 2.45) is 0 Å². The Hall–Kier alpha value is -8.26. The molecule has 0 bridgehead atoms. The van der Waals surface area contributed by atoms with Crippen LogP contribution in [0.15, 0.2) is 261 Å². The second kappa shape index (κ2) is 16.7. The summed E-state index contributed by atoms with van der Waals surface area (Å²) in [7, 11) is 0. The highest BCUT2D eigenvalue weighted by Gasteiger charge is 2.21. The van der Waals surface area contributed by atoms with Crippen molar-refractivity contribution in [3.05, 3.63) is 261 Å². The molecule has 63 heavy (non-hydrogen) atoms. The third-order valence-electron chi connectivity index (χ3n) is 12.3. The highest BCUT2D eigenvalue weighted by molar-refractivity contribution is 5.99. The van der Waals surface area contributed by atoms with Gasteiger partial charge in [-0.15, -0.1) is 0 Å². The van der Waals surface area contributed by atoms with Crippen LogP contribution in [0, 0.1) is 0 Å². The van der Waals surface area contributed by atoms with E-state index in [-0.39, 0.29) is 0 Å². The number of fused-ring (bicyclic) bond motifs is 2. The molecule has 0 fully saturated rings. The normalized spacial score (nSPS) is 11.2. The fraction of sp³-hybridized carbons (Fsp3) is 0. The van der Waals surface area contributed by atoms with Crippen molar-refractivity contribution in [2.45, 2.75) is 0 Å². The van der Waals surface area contributed by atoms with E-state index in [1.165, 1.54) is 82.7 Å². The van der Waals surface area contributed by atoms with Crippen LogP contribution in [0.25, 0.3) is 88.3 Å². The molecule has 1 heteroatoms. The average Bonchev–Trinajstić information content (AvgIpc) is 3.37. The molecule has 0 aliphatic heterocycles. The van der Waals surface area contributed by atoms with Crippen LogP contribution < -0.4 is 4.90 Å². The Morgan fingerprint density at radius 2 is 0.571 bits per heavy atom. The minimum atomic E-state index is 1.08. The van der Waals surface area contributed by atoms with Crippen LogP contribution in [0.4, 0.5) is 17.1 Å². The Bertz CT molecular complexity index is 3240. The smallest absolute Gasteiger partial charge is 0.0540 e. The number of para-hydroxylation sites is 1. The molecule has 11 rings (SSSR count). The van der Waals surface area contributed by atoms with E-state index >= 15 is 0 Å². The lowest BCUT2D eigenvalue weighted by Gasteiger charge is -2.29. The summed E-state index contributed by atoms with van der Waals surface area (Å²) in [5.41, 5.74) is 17.5. The minimum Gasteiger partial charge on any atom is -0.310 e. The third-order valence-corrected chi connectivity index (χ3v) is 12.3. The fourth-order valence-electron chi connectivity index (χ4n) is 9.07. The Morgan fingerprint density at radius 1 is 0.190 bits per heavy atom. The fourth-order valence-corrected chi connectivity index (χ4v) is 9.07. The first-order chi connectivity index (χ1) is 31.2. The molecule has 0 spiro atoms. The van der Waals surface area contributed by atoms with Gasteiger partial charge in [-0.3, -0.25) is 0 Å². The maximum Gasteiger partial charge on any atom is 0.0540 e. The third kappa shape index (κ3) is 7.47. The van der Waals surface area contributed by atoms with Crippen LogP contribution in [-0.2, 0) is 0 Å². The van der Waals surface area contributed by atoms with Gasteiger partial charge in [-0.2, -0.15) is 0 Å². The van der Waals surface area contributed by atoms with Gasteiger partial charge in [0, 0.05) is 16.9 Å². The predicted molar refractivity (Wildman–Crippen MR) is 269 cm³/mol. The Kier molecular flexibility index (Phi) is 9.97. The summed E-state index contributed by atoms with van der Waals surface area (Å²) in [5.74, 6) is 0. The molecule has 0 radical (unpaired) electrons. The summed E-state index contributed by atoms with van der Waals surface area (Å²) in [5, 5.41) is 4.97. The van der Waals surface area contributed by atoms with Gasteiger partial charge in [0.25, 0.3) is 0 Å². The molecule has 296 valence electrons. The van der Waals surface area contributed by atoms with Gasteiger partial charge in [-0.1, -0.05) is 212 Å². The van der Waals surface area contributed by atoms with E-state index in [9.17, 15) is 0 Å². The number of benzene rings is 11. The molecule has 0 unspecified atom stereocenters. The number of rotatable bonds is 9. The quantitative estimate of drug-likeness (QED) is 0.141. The van der Waals surface area contributed by atoms with Gasteiger partial charge in [0.1, 0.15) is 0 Å². The van der Waals surface area contributed by atoms with Gasteiger partial charge < -0.3 is 4.90 Å². The number of hydrogen-bond acceptors (Lipinski definition) is 1. The summed E-state index contributed by atoms with van der Waals surface area (Å²) >= 11 is 0. The summed E-state index contributed by atoms with van der Waals surface area (Å²) in [6.07, 6.45) is 0. The first-order valence-electron chi connectivity index (χ1n) is 21.7. The first-order valence-corrected chi connectivity index (χ1v) is 21.7. The second-order valence-corrected chi connectivity index (χ2v) is 16.1. The molecule has 0 N–H and O–H groups in total. The van der Waals surface area contributed by atoms with Crippen molar-refractivity contribution in [3.63, 3.8) is 0 Å². The van der Waals surface area contributed by atoms with Crippen molar-refractivity contribution in [2.75, 3.05) is 4.90 Å². The molecule has 0 saturated carbocycles. The van der Waals surface area contributed by atoms with Crippen molar-refractivity contribution < 1.29 is 0 Å². The molecular formula is C62H43N. The number of anilines is 3. The largest absolute Gasteiger partial charge is 0.310 e. The topological polar surface area (TPSA) is 3.24 Å². The van der Waals surface area contributed by atoms with Crippen LogP contribution in [0.1, 0.15) is 0 Å². The maximum atomic E-state index is 2.42. The van der Waals surface area contributed by atoms with Crippen molar-refractivity contribution >= 4 is 38.6 Å². The first kappa shape index (κ1) is 37.7. The van der Waals surface area contributed by atoms with E-state index in [2.05, 4.69) is 266 Å². The zero-order valence-electron chi connectivity index (χ0n) is 34.8. The Balaban J connectivity index is 1.09. The Morgan fingerprint density at radius 3 is 1.14 bits per heavy atom. The molecule has 0 atom stereocenters. The van der Waals surface area contributed by atoms with E-state index in [4.69, 9.17) is 0 Å². The molecule has 0 saturated heterocycles. The van der Waals surface area contributed by atoms with Gasteiger partial charge in [0.2, 0.25) is 0 Å². The van der Waals surface area contributed by atoms with E-state index in [1.54, 1.807) is 0 Å². The highest BCUT2D eigenvalue weighted by Crippen LogP contribution is 2.47. The lowest BCUT2D eigenvalue weighted by molar-refractivity contribution is 1.28. The lowest BCUT2D eigenvalue weighted by Crippen LogP contribution is -2.11. The summed E-state index contributed by atoms with van der Waals surface area (Å²) < 4.78 is 0. The van der Waals surface area contributed by atoms with Gasteiger partial charge in [-0.25, -0.2) is 0 Å². The van der Waals surface area contributed by atoms with Crippen LogP contribution in [0.3, 0.4) is 0 Å². The highest BCUT2D eigenvalue weighted by atomic mass is 15.1. The van der Waals surface area contributed by atoms with E-state index < -0.39 is 0 Å². The zero-order chi connectivity index (χ0) is 42.0. The molecule has 0 aromatic heterocycles. The van der Waals surface area contributed by atoms with Crippen LogP contribution in [0.5, 0.6) is 0 Å². The monoisotopic (exact) mass is 801 g/mol. The van der Waals surface area contributed by atoms with Crippen molar-refractivity contribution in [3.8, 4) is 66.8 Å². The molecule has 0 aliphatic rings. The van der Waals surface area contributed by atoms with Gasteiger partial charge in [0.05, 0.1) is 5.69 Å². The zero-order valence-corrected chi connectivity index (χ0v) is 34.8. The number of hydrogen-bond donors (Lipinski definition) is 0. The summed E-state index contributed by atoms with van der Waals surface area (Å²) in [4.78, 5) is 2.42. The van der Waals surface area contributed by atoms with Crippen molar-refractivity contribution in [1.29, 1.82) is 0 Å². The minimum absolute atomic E-state index is 1.08. The van der Waals surface area contributed by atoms with E-state index in [0.29, 0.717) is 0 Å². The lowest BCUT2D eigenvalue weighted by atomic mass is 9.86. The van der Waals surface area contributed by atoms with E-state index in [1.807, 2.05) is 0 Å². The summed E-state index contributed by atoms with van der Waals surface area (Å²) in [6.45, 7) is 0.